The zero-order chi connectivity index (χ0) is 12.3. The average molecular weight is 316 g/mol. The molecule has 0 bridgehead atoms. The third kappa shape index (κ3) is 3.04. The van der Waals surface area contributed by atoms with Crippen molar-refractivity contribution < 1.29 is 4.74 Å². The van der Waals surface area contributed by atoms with Crippen LogP contribution in [0.25, 0.3) is 0 Å². The number of rotatable bonds is 4. The maximum absolute atomic E-state index is 5.52. The molecule has 0 radical (unpaired) electrons. The highest BCUT2D eigenvalue weighted by atomic mass is 79.9. The van der Waals surface area contributed by atoms with E-state index in [1.165, 1.54) is 7.11 Å². The van der Waals surface area contributed by atoms with Gasteiger partial charge in [-0.2, -0.15) is 15.0 Å². The first-order valence-corrected chi connectivity index (χ1v) is 6.37. The van der Waals surface area contributed by atoms with Gasteiger partial charge in [0.05, 0.1) is 13.7 Å². The standard InChI is InChI=1S/C9H10BrN5OS/c1-16-9-14-7(11)13-8(15-9)12-4-6-5(10)2-3-17-6/h2-3H,4H2,1H3,(H3,11,12,13,14,15). The van der Waals surface area contributed by atoms with Gasteiger partial charge in [0.25, 0.3) is 0 Å². The molecule has 0 aliphatic heterocycles. The Balaban J connectivity index is 2.09. The van der Waals surface area contributed by atoms with Crippen molar-refractivity contribution in [3.05, 3.63) is 20.8 Å². The molecule has 0 aliphatic carbocycles. The van der Waals surface area contributed by atoms with E-state index in [0.29, 0.717) is 12.5 Å². The molecule has 2 rings (SSSR count). The van der Waals surface area contributed by atoms with E-state index in [-0.39, 0.29) is 12.0 Å². The minimum absolute atomic E-state index is 0.129. The number of aromatic nitrogens is 3. The van der Waals surface area contributed by atoms with Gasteiger partial charge in [0.1, 0.15) is 0 Å². The predicted molar refractivity (Wildman–Crippen MR) is 70.1 cm³/mol. The monoisotopic (exact) mass is 315 g/mol. The van der Waals surface area contributed by atoms with E-state index in [2.05, 4.69) is 36.2 Å². The summed E-state index contributed by atoms with van der Waals surface area (Å²) in [7, 11) is 1.48. The molecular formula is C9H10BrN5OS. The van der Waals surface area contributed by atoms with Crippen molar-refractivity contribution in [2.75, 3.05) is 18.2 Å². The van der Waals surface area contributed by atoms with Gasteiger partial charge < -0.3 is 15.8 Å². The molecule has 0 aliphatic rings. The van der Waals surface area contributed by atoms with Crippen molar-refractivity contribution in [3.63, 3.8) is 0 Å². The zero-order valence-corrected chi connectivity index (χ0v) is 11.4. The summed E-state index contributed by atoms with van der Waals surface area (Å²) in [5, 5.41) is 5.07. The Bertz CT molecular complexity index is 518. The van der Waals surface area contributed by atoms with Crippen LogP contribution in [0.2, 0.25) is 0 Å². The van der Waals surface area contributed by atoms with Crippen molar-refractivity contribution in [1.29, 1.82) is 0 Å². The van der Waals surface area contributed by atoms with E-state index in [1.54, 1.807) is 11.3 Å². The van der Waals surface area contributed by atoms with Crippen LogP contribution >= 0.6 is 27.3 Å². The molecule has 0 saturated heterocycles. The first kappa shape index (κ1) is 12.1. The lowest BCUT2D eigenvalue weighted by atomic mass is 10.5. The SMILES string of the molecule is COc1nc(N)nc(NCc2sccc2Br)n1. The first-order chi connectivity index (χ1) is 8.19. The minimum atomic E-state index is 0.129. The van der Waals surface area contributed by atoms with E-state index < -0.39 is 0 Å². The number of halogens is 1. The van der Waals surface area contributed by atoms with Crippen LogP contribution in [-0.2, 0) is 6.54 Å². The molecule has 3 N–H and O–H groups in total. The van der Waals surface area contributed by atoms with Gasteiger partial charge in [-0.05, 0) is 27.4 Å². The van der Waals surface area contributed by atoms with Gasteiger partial charge >= 0.3 is 6.01 Å². The molecule has 0 atom stereocenters. The molecule has 2 heterocycles. The van der Waals surface area contributed by atoms with Crippen LogP contribution in [0.4, 0.5) is 11.9 Å². The van der Waals surface area contributed by atoms with Gasteiger partial charge in [-0.15, -0.1) is 11.3 Å². The second-order valence-electron chi connectivity index (χ2n) is 3.05. The van der Waals surface area contributed by atoms with E-state index in [9.17, 15) is 0 Å². The molecule has 8 heteroatoms. The summed E-state index contributed by atoms with van der Waals surface area (Å²) in [5.41, 5.74) is 5.52. The van der Waals surface area contributed by atoms with Gasteiger partial charge in [-0.25, -0.2) is 0 Å². The predicted octanol–water partition coefficient (Wildman–Crippen LogP) is 1.90. The fraction of sp³-hybridized carbons (Fsp3) is 0.222. The number of anilines is 2. The number of nitrogens with two attached hydrogens (primary N) is 1. The number of methoxy groups -OCH3 is 1. The number of ether oxygens (including phenoxy) is 1. The Morgan fingerprint density at radius 3 is 2.94 bits per heavy atom. The van der Waals surface area contributed by atoms with Crippen LogP contribution in [0, 0.1) is 0 Å². The summed E-state index contributed by atoms with van der Waals surface area (Å²) in [6.07, 6.45) is 0. The summed E-state index contributed by atoms with van der Waals surface area (Å²) < 4.78 is 5.97. The number of nitrogens with one attached hydrogen (secondary N) is 1. The van der Waals surface area contributed by atoms with Crippen LogP contribution < -0.4 is 15.8 Å². The highest BCUT2D eigenvalue weighted by molar-refractivity contribution is 9.10. The molecule has 0 aromatic carbocycles. The van der Waals surface area contributed by atoms with Crippen LogP contribution in [0.3, 0.4) is 0 Å². The van der Waals surface area contributed by atoms with Gasteiger partial charge in [0.2, 0.25) is 11.9 Å². The van der Waals surface area contributed by atoms with E-state index in [0.717, 1.165) is 9.35 Å². The fourth-order valence-electron chi connectivity index (χ4n) is 1.15. The van der Waals surface area contributed by atoms with E-state index >= 15 is 0 Å². The zero-order valence-electron chi connectivity index (χ0n) is 8.98. The second kappa shape index (κ2) is 5.28. The van der Waals surface area contributed by atoms with Gasteiger partial charge in [-0.1, -0.05) is 0 Å². The number of hydrogen-bond donors (Lipinski definition) is 2. The average Bonchev–Trinajstić information content (AvgIpc) is 2.71. The lowest BCUT2D eigenvalue weighted by molar-refractivity contribution is 0.379. The Kier molecular flexibility index (Phi) is 3.75. The first-order valence-electron chi connectivity index (χ1n) is 4.70. The summed E-state index contributed by atoms with van der Waals surface area (Å²) in [5.74, 6) is 0.527. The Labute approximate surface area is 110 Å². The smallest absolute Gasteiger partial charge is 0.322 e. The molecule has 2 aromatic heterocycles. The molecule has 0 saturated carbocycles. The molecule has 17 heavy (non-hydrogen) atoms. The maximum Gasteiger partial charge on any atom is 0.322 e. The topological polar surface area (TPSA) is 86.0 Å². The Morgan fingerprint density at radius 1 is 1.47 bits per heavy atom. The second-order valence-corrected chi connectivity index (χ2v) is 4.90. The Hall–Kier alpha value is -1.41. The lowest BCUT2D eigenvalue weighted by Gasteiger charge is -2.05. The quantitative estimate of drug-likeness (QED) is 0.896. The highest BCUT2D eigenvalue weighted by Crippen LogP contribution is 2.23. The molecule has 6 nitrogen and oxygen atoms in total. The van der Waals surface area contributed by atoms with Gasteiger partial charge in [-0.3, -0.25) is 0 Å². The summed E-state index contributed by atoms with van der Waals surface area (Å²) in [4.78, 5) is 13.0. The van der Waals surface area contributed by atoms with Gasteiger partial charge in [0, 0.05) is 9.35 Å². The molecule has 0 fully saturated rings. The third-order valence-corrected chi connectivity index (χ3v) is 3.84. The Morgan fingerprint density at radius 2 is 2.29 bits per heavy atom. The van der Waals surface area contributed by atoms with Crippen molar-refractivity contribution in [3.8, 4) is 6.01 Å². The fourth-order valence-corrected chi connectivity index (χ4v) is 2.59. The molecule has 0 spiro atoms. The summed E-state index contributed by atoms with van der Waals surface area (Å²) in [6.45, 7) is 0.616. The normalized spacial score (nSPS) is 10.2. The van der Waals surface area contributed by atoms with Crippen LogP contribution in [0.1, 0.15) is 4.88 Å². The number of nitrogen functional groups attached to an aromatic ring is 1. The van der Waals surface area contributed by atoms with Crippen molar-refractivity contribution in [2.24, 2.45) is 0 Å². The summed E-state index contributed by atoms with van der Waals surface area (Å²) >= 11 is 5.09. The van der Waals surface area contributed by atoms with E-state index in [4.69, 9.17) is 10.5 Å². The molecule has 0 amide bonds. The number of nitrogens with zero attached hydrogens (tertiary/aromatic N) is 3. The van der Waals surface area contributed by atoms with Crippen molar-refractivity contribution in [1.82, 2.24) is 15.0 Å². The number of hydrogen-bond acceptors (Lipinski definition) is 7. The minimum Gasteiger partial charge on any atom is -0.467 e. The van der Waals surface area contributed by atoms with Gasteiger partial charge in [0.15, 0.2) is 0 Å². The lowest BCUT2D eigenvalue weighted by Crippen LogP contribution is -2.07. The van der Waals surface area contributed by atoms with Crippen molar-refractivity contribution >= 4 is 39.2 Å². The van der Waals surface area contributed by atoms with Crippen LogP contribution in [0.15, 0.2) is 15.9 Å². The van der Waals surface area contributed by atoms with Crippen molar-refractivity contribution in [2.45, 2.75) is 6.54 Å². The summed E-state index contributed by atoms with van der Waals surface area (Å²) in [6, 6.07) is 2.19. The molecular weight excluding hydrogens is 306 g/mol. The highest BCUT2D eigenvalue weighted by Gasteiger charge is 2.06. The molecule has 90 valence electrons. The largest absolute Gasteiger partial charge is 0.467 e. The third-order valence-electron chi connectivity index (χ3n) is 1.91. The maximum atomic E-state index is 5.52. The van der Waals surface area contributed by atoms with E-state index in [1.807, 2.05) is 11.4 Å². The van der Waals surface area contributed by atoms with Crippen LogP contribution in [-0.4, -0.2) is 22.1 Å². The molecule has 2 aromatic rings. The van der Waals surface area contributed by atoms with Crippen LogP contribution in [0.5, 0.6) is 6.01 Å². The number of thiophene rings is 1. The molecule has 0 unspecified atom stereocenters.